The molecule has 1 rings (SSSR count). The van der Waals surface area contributed by atoms with Crippen LogP contribution in [0.4, 0.5) is 15.8 Å². The van der Waals surface area contributed by atoms with Crippen molar-refractivity contribution in [3.63, 3.8) is 0 Å². The van der Waals surface area contributed by atoms with Gasteiger partial charge in [0.25, 0.3) is 5.95 Å². The molecule has 0 radical (unpaired) electrons. The Hall–Kier alpha value is -2.25. The van der Waals surface area contributed by atoms with Crippen molar-refractivity contribution in [2.45, 2.75) is 6.92 Å². The lowest BCUT2D eigenvalue weighted by atomic mass is 10.1. The first-order valence-corrected chi connectivity index (χ1v) is 5.60. The summed E-state index contributed by atoms with van der Waals surface area (Å²) in [7, 11) is 3.06. The molecule has 1 N–H and O–H groups in total. The number of halogens is 1. The molecule has 0 bridgehead atoms. The second-order valence-electron chi connectivity index (χ2n) is 4.12. The minimum Gasteiger partial charge on any atom is -0.368 e. The van der Waals surface area contributed by atoms with Gasteiger partial charge in [0.05, 0.1) is 10.8 Å². The van der Waals surface area contributed by atoms with Crippen LogP contribution in [0.2, 0.25) is 0 Å². The summed E-state index contributed by atoms with van der Waals surface area (Å²) >= 11 is 0. The molecule has 1 heterocycles. The molecule has 1 atom stereocenters. The van der Waals surface area contributed by atoms with E-state index in [4.69, 9.17) is 0 Å². The molecule has 0 aromatic carbocycles. The minimum absolute atomic E-state index is 0.0910. The SMILES string of the molecule is CNC(=O)C(C)CN(C)c1ccnc(F)c1[N+](=O)[O-]. The summed E-state index contributed by atoms with van der Waals surface area (Å²) in [6, 6.07) is 1.35. The van der Waals surface area contributed by atoms with E-state index in [-0.39, 0.29) is 24.1 Å². The summed E-state index contributed by atoms with van der Waals surface area (Å²) in [4.78, 5) is 26.1. The average molecular weight is 270 g/mol. The Morgan fingerprint density at radius 1 is 1.68 bits per heavy atom. The van der Waals surface area contributed by atoms with Gasteiger partial charge in [0.2, 0.25) is 5.91 Å². The smallest absolute Gasteiger partial charge is 0.346 e. The second-order valence-corrected chi connectivity index (χ2v) is 4.12. The lowest BCUT2D eigenvalue weighted by Gasteiger charge is -2.22. The van der Waals surface area contributed by atoms with Gasteiger partial charge in [-0.15, -0.1) is 0 Å². The third-order valence-corrected chi connectivity index (χ3v) is 2.69. The van der Waals surface area contributed by atoms with E-state index < -0.39 is 16.6 Å². The summed E-state index contributed by atoms with van der Waals surface area (Å²) in [5, 5.41) is 13.3. The fraction of sp³-hybridized carbons (Fsp3) is 0.455. The third-order valence-electron chi connectivity index (χ3n) is 2.69. The quantitative estimate of drug-likeness (QED) is 0.489. The van der Waals surface area contributed by atoms with E-state index in [1.165, 1.54) is 18.0 Å². The van der Waals surface area contributed by atoms with Crippen LogP contribution >= 0.6 is 0 Å². The van der Waals surface area contributed by atoms with Crippen molar-refractivity contribution < 1.29 is 14.1 Å². The van der Waals surface area contributed by atoms with Crippen LogP contribution in [0.25, 0.3) is 0 Å². The van der Waals surface area contributed by atoms with Gasteiger partial charge in [0.15, 0.2) is 0 Å². The largest absolute Gasteiger partial charge is 0.368 e. The maximum Gasteiger partial charge on any atom is 0.346 e. The highest BCUT2D eigenvalue weighted by atomic mass is 19.1. The van der Waals surface area contributed by atoms with Crippen molar-refractivity contribution in [2.75, 3.05) is 25.5 Å². The van der Waals surface area contributed by atoms with E-state index in [1.54, 1.807) is 14.0 Å². The molecular weight excluding hydrogens is 255 g/mol. The van der Waals surface area contributed by atoms with Crippen LogP contribution < -0.4 is 10.2 Å². The summed E-state index contributed by atoms with van der Waals surface area (Å²) in [5.74, 6) is -1.71. The van der Waals surface area contributed by atoms with Gasteiger partial charge >= 0.3 is 5.69 Å². The Bertz CT molecular complexity index is 495. The van der Waals surface area contributed by atoms with Crippen molar-refractivity contribution in [2.24, 2.45) is 5.92 Å². The van der Waals surface area contributed by atoms with E-state index in [0.717, 1.165) is 6.20 Å². The van der Waals surface area contributed by atoms with E-state index in [2.05, 4.69) is 10.3 Å². The number of nitrogens with zero attached hydrogens (tertiary/aromatic N) is 3. The first-order chi connectivity index (χ1) is 8.88. The molecule has 8 heteroatoms. The van der Waals surface area contributed by atoms with Crippen LogP contribution in [-0.2, 0) is 4.79 Å². The predicted octanol–water partition coefficient (Wildman–Crippen LogP) is 0.947. The summed E-state index contributed by atoms with van der Waals surface area (Å²) < 4.78 is 13.4. The number of amides is 1. The van der Waals surface area contributed by atoms with Crippen molar-refractivity contribution in [3.8, 4) is 0 Å². The molecule has 7 nitrogen and oxygen atoms in total. The van der Waals surface area contributed by atoms with Crippen LogP contribution in [0.15, 0.2) is 12.3 Å². The van der Waals surface area contributed by atoms with Gasteiger partial charge in [-0.25, -0.2) is 4.98 Å². The number of hydrogen-bond acceptors (Lipinski definition) is 5. The molecule has 0 spiro atoms. The number of hydrogen-bond donors (Lipinski definition) is 1. The second kappa shape index (κ2) is 6.07. The topological polar surface area (TPSA) is 88.4 Å². The van der Waals surface area contributed by atoms with Gasteiger partial charge in [-0.2, -0.15) is 4.39 Å². The van der Waals surface area contributed by atoms with E-state index >= 15 is 0 Å². The van der Waals surface area contributed by atoms with E-state index in [1.807, 2.05) is 0 Å². The number of carbonyl (C=O) groups excluding carboxylic acids is 1. The van der Waals surface area contributed by atoms with Crippen molar-refractivity contribution in [1.29, 1.82) is 0 Å². The molecule has 0 saturated carbocycles. The van der Waals surface area contributed by atoms with E-state index in [9.17, 15) is 19.3 Å². The Morgan fingerprint density at radius 3 is 2.84 bits per heavy atom. The number of nitro groups is 1. The monoisotopic (exact) mass is 270 g/mol. The molecule has 0 aliphatic rings. The predicted molar refractivity (Wildman–Crippen MR) is 67.4 cm³/mol. The Labute approximate surface area is 109 Å². The number of nitrogens with one attached hydrogen (secondary N) is 1. The molecule has 0 aliphatic heterocycles. The van der Waals surface area contributed by atoms with Gasteiger partial charge in [0.1, 0.15) is 5.69 Å². The zero-order valence-corrected chi connectivity index (χ0v) is 10.9. The van der Waals surface area contributed by atoms with Gasteiger partial charge in [-0.1, -0.05) is 6.92 Å². The molecule has 0 fully saturated rings. The van der Waals surface area contributed by atoms with Crippen molar-refractivity contribution in [3.05, 3.63) is 28.3 Å². The summed E-state index contributed by atoms with van der Waals surface area (Å²) in [5.41, 5.74) is -0.595. The maximum absolute atomic E-state index is 13.4. The normalized spacial score (nSPS) is 11.8. The Kier molecular flexibility index (Phi) is 4.74. The molecule has 0 saturated heterocycles. The van der Waals surface area contributed by atoms with E-state index in [0.29, 0.717) is 0 Å². The fourth-order valence-corrected chi connectivity index (χ4v) is 1.73. The molecule has 1 amide bonds. The summed E-state index contributed by atoms with van der Waals surface area (Å²) in [6.45, 7) is 1.91. The highest BCUT2D eigenvalue weighted by Crippen LogP contribution is 2.28. The van der Waals surface area contributed by atoms with Gasteiger partial charge in [-0.3, -0.25) is 14.9 Å². The van der Waals surface area contributed by atoms with Crippen LogP contribution in [0.5, 0.6) is 0 Å². The Morgan fingerprint density at radius 2 is 2.32 bits per heavy atom. The van der Waals surface area contributed by atoms with Crippen LogP contribution in [-0.4, -0.2) is 36.5 Å². The molecule has 104 valence electrons. The Balaban J connectivity index is 3.00. The minimum atomic E-state index is -1.14. The molecule has 1 aromatic heterocycles. The maximum atomic E-state index is 13.4. The number of aromatic nitrogens is 1. The zero-order valence-electron chi connectivity index (χ0n) is 10.9. The zero-order chi connectivity index (χ0) is 14.6. The lowest BCUT2D eigenvalue weighted by molar-refractivity contribution is -0.387. The molecule has 1 unspecified atom stereocenters. The standard InChI is InChI=1S/C11H15FN4O3/c1-7(11(17)13-2)6-15(3)8-4-5-14-10(12)9(8)16(18)19/h4-5,7H,6H2,1-3H3,(H,13,17). The third kappa shape index (κ3) is 3.36. The van der Waals surface area contributed by atoms with Crippen LogP contribution in [0.3, 0.4) is 0 Å². The number of carbonyl (C=O) groups is 1. The first kappa shape index (κ1) is 14.8. The highest BCUT2D eigenvalue weighted by Gasteiger charge is 2.25. The number of pyridine rings is 1. The molecule has 1 aromatic rings. The van der Waals surface area contributed by atoms with Gasteiger partial charge < -0.3 is 10.2 Å². The van der Waals surface area contributed by atoms with Crippen molar-refractivity contribution in [1.82, 2.24) is 10.3 Å². The van der Waals surface area contributed by atoms with Crippen LogP contribution in [0, 0.1) is 22.0 Å². The fourth-order valence-electron chi connectivity index (χ4n) is 1.73. The van der Waals surface area contributed by atoms with Crippen LogP contribution in [0.1, 0.15) is 6.92 Å². The van der Waals surface area contributed by atoms with Gasteiger partial charge in [0, 0.05) is 26.8 Å². The van der Waals surface area contributed by atoms with Crippen molar-refractivity contribution >= 4 is 17.3 Å². The first-order valence-electron chi connectivity index (χ1n) is 5.60. The highest BCUT2D eigenvalue weighted by molar-refractivity contribution is 5.78. The summed E-state index contributed by atoms with van der Waals surface area (Å²) in [6.07, 6.45) is 1.15. The number of anilines is 1. The van der Waals surface area contributed by atoms with Gasteiger partial charge in [-0.05, 0) is 6.07 Å². The average Bonchev–Trinajstić information content (AvgIpc) is 2.36. The molecule has 0 aliphatic carbocycles. The number of rotatable bonds is 5. The molecular formula is C11H15FN4O3. The lowest BCUT2D eigenvalue weighted by Crippen LogP contribution is -2.34. The molecule has 19 heavy (non-hydrogen) atoms.